The van der Waals surface area contributed by atoms with E-state index < -0.39 is 0 Å². The van der Waals surface area contributed by atoms with Crippen LogP contribution < -0.4 is 14.9 Å². The van der Waals surface area contributed by atoms with Gasteiger partial charge in [0.1, 0.15) is 5.76 Å². The molecule has 3 heterocycles. The predicted molar refractivity (Wildman–Crippen MR) is 126 cm³/mol. The fraction of sp³-hybridized carbons (Fsp3) is 0.120. The van der Waals surface area contributed by atoms with Gasteiger partial charge in [-0.05, 0) is 53.8 Å². The van der Waals surface area contributed by atoms with E-state index in [1.165, 1.54) is 28.0 Å². The van der Waals surface area contributed by atoms with Crippen LogP contribution in [0, 0.1) is 0 Å². The largest absolute Gasteiger partial charge is 0.465 e. The summed E-state index contributed by atoms with van der Waals surface area (Å²) in [5.41, 5.74) is 5.77. The predicted octanol–water partition coefficient (Wildman–Crippen LogP) is 4.67. The molecule has 0 spiro atoms. The lowest BCUT2D eigenvalue weighted by Crippen LogP contribution is -2.38. The molecule has 2 aromatic carbocycles. The summed E-state index contributed by atoms with van der Waals surface area (Å²) in [6.45, 7) is 0. The molecule has 0 saturated carbocycles. The lowest BCUT2D eigenvalue weighted by atomic mass is 9.83. The quantitative estimate of drug-likeness (QED) is 0.411. The van der Waals surface area contributed by atoms with Crippen LogP contribution in [0.4, 0.5) is 0 Å². The molecule has 1 atom stereocenters. The minimum atomic E-state index is -0.161. The van der Waals surface area contributed by atoms with Gasteiger partial charge in [-0.15, -0.1) is 0 Å². The van der Waals surface area contributed by atoms with E-state index in [9.17, 15) is 4.79 Å². The minimum Gasteiger partial charge on any atom is -0.465 e. The number of thiazole rings is 1. The van der Waals surface area contributed by atoms with Crippen LogP contribution in [0.25, 0.3) is 11.8 Å². The first-order valence-corrected chi connectivity index (χ1v) is 11.7. The summed E-state index contributed by atoms with van der Waals surface area (Å²) < 4.78 is 8.95. The molecule has 0 unspecified atom stereocenters. The minimum absolute atomic E-state index is 0.0292. The van der Waals surface area contributed by atoms with Crippen LogP contribution in [0.5, 0.6) is 0 Å². The number of benzene rings is 2. The Morgan fingerprint density at radius 2 is 1.90 bits per heavy atom. The lowest BCUT2D eigenvalue weighted by Gasteiger charge is -2.30. The van der Waals surface area contributed by atoms with E-state index in [2.05, 4.69) is 52.3 Å². The van der Waals surface area contributed by atoms with E-state index >= 15 is 0 Å². The third-order valence-electron chi connectivity index (χ3n) is 5.88. The van der Waals surface area contributed by atoms with Gasteiger partial charge in [-0.25, -0.2) is 4.99 Å². The normalized spacial score (nSPS) is 17.7. The van der Waals surface area contributed by atoms with Crippen molar-refractivity contribution in [3.63, 3.8) is 0 Å². The molecule has 0 saturated heterocycles. The maximum atomic E-state index is 13.5. The Bertz CT molecular complexity index is 1510. The maximum Gasteiger partial charge on any atom is 0.271 e. The number of nitrogens with zero attached hydrogens (tertiary/aromatic N) is 2. The van der Waals surface area contributed by atoms with Gasteiger partial charge in [-0.3, -0.25) is 9.36 Å². The molecule has 4 nitrogen and oxygen atoms in total. The molecule has 31 heavy (non-hydrogen) atoms. The zero-order valence-corrected chi connectivity index (χ0v) is 18.8. The number of rotatable bonds is 2. The van der Waals surface area contributed by atoms with Gasteiger partial charge >= 0.3 is 0 Å². The summed E-state index contributed by atoms with van der Waals surface area (Å²) >= 11 is 4.95. The summed E-state index contributed by atoms with van der Waals surface area (Å²) in [5, 5.41) is 0. The average molecular weight is 489 g/mol. The fourth-order valence-electron chi connectivity index (χ4n) is 4.47. The number of hydrogen-bond acceptors (Lipinski definition) is 4. The van der Waals surface area contributed by atoms with Crippen molar-refractivity contribution in [2.45, 2.75) is 18.9 Å². The summed E-state index contributed by atoms with van der Waals surface area (Å²) in [6.07, 6.45) is 5.26. The van der Waals surface area contributed by atoms with Crippen LogP contribution in [0.2, 0.25) is 0 Å². The highest BCUT2D eigenvalue weighted by Gasteiger charge is 2.32. The van der Waals surface area contributed by atoms with Crippen LogP contribution in [-0.2, 0) is 6.42 Å². The van der Waals surface area contributed by atoms with E-state index in [0.29, 0.717) is 10.3 Å². The molecular weight excluding hydrogens is 472 g/mol. The second-order valence-electron chi connectivity index (χ2n) is 7.68. The van der Waals surface area contributed by atoms with E-state index in [-0.39, 0.29) is 11.6 Å². The van der Waals surface area contributed by atoms with Gasteiger partial charge in [0.05, 0.1) is 22.5 Å². The van der Waals surface area contributed by atoms with Gasteiger partial charge in [0, 0.05) is 16.1 Å². The Hall–Kier alpha value is -2.96. The molecule has 152 valence electrons. The molecule has 0 N–H and O–H groups in total. The second-order valence-corrected chi connectivity index (χ2v) is 9.61. The first-order chi connectivity index (χ1) is 15.2. The Labute approximate surface area is 190 Å². The average Bonchev–Trinajstić information content (AvgIpc) is 3.41. The van der Waals surface area contributed by atoms with Gasteiger partial charge < -0.3 is 4.42 Å². The molecule has 2 aromatic heterocycles. The Morgan fingerprint density at radius 3 is 2.71 bits per heavy atom. The van der Waals surface area contributed by atoms with E-state index in [1.807, 2.05) is 28.8 Å². The molecule has 1 aliphatic carbocycles. The molecule has 6 rings (SSSR count). The number of hydrogen-bond donors (Lipinski definition) is 0. The Morgan fingerprint density at radius 1 is 1.06 bits per heavy atom. The highest BCUT2D eigenvalue weighted by atomic mass is 79.9. The van der Waals surface area contributed by atoms with Crippen LogP contribution in [-0.4, -0.2) is 4.57 Å². The second kappa shape index (κ2) is 7.32. The molecular formula is C25H17BrN2O2S. The number of allylic oxidation sites excluding steroid dienone is 1. The van der Waals surface area contributed by atoms with Crippen molar-refractivity contribution in [2.24, 2.45) is 4.99 Å². The molecule has 6 heteroatoms. The Kier molecular flexibility index (Phi) is 4.44. The smallest absolute Gasteiger partial charge is 0.271 e. The zero-order chi connectivity index (χ0) is 20.9. The summed E-state index contributed by atoms with van der Waals surface area (Å²) in [5.74, 6) is 0.666. The van der Waals surface area contributed by atoms with Gasteiger partial charge in [-0.2, -0.15) is 0 Å². The van der Waals surface area contributed by atoms with Crippen molar-refractivity contribution in [3.05, 3.63) is 119 Å². The van der Waals surface area contributed by atoms with Crippen molar-refractivity contribution in [2.75, 3.05) is 0 Å². The number of furan rings is 1. The Balaban J connectivity index is 1.65. The molecule has 1 aliphatic heterocycles. The molecule has 0 fully saturated rings. The third-order valence-corrected chi connectivity index (χ3v) is 7.39. The summed E-state index contributed by atoms with van der Waals surface area (Å²) in [6, 6.07) is 20.2. The third kappa shape index (κ3) is 3.09. The maximum absolute atomic E-state index is 13.5. The van der Waals surface area contributed by atoms with Crippen molar-refractivity contribution in [1.82, 2.24) is 4.57 Å². The topological polar surface area (TPSA) is 47.5 Å². The van der Waals surface area contributed by atoms with Gasteiger partial charge in [0.15, 0.2) is 4.80 Å². The van der Waals surface area contributed by atoms with Gasteiger partial charge in [0.25, 0.3) is 5.56 Å². The molecule has 0 radical (unpaired) electrons. The number of fused-ring (bicyclic) bond motifs is 3. The SMILES string of the molecule is O=c1/c(=C/c2ccco2)sc2n1[C@@H](c1ccc(Br)cc1)C1=C(N=2)c2ccccc2CC1. The summed E-state index contributed by atoms with van der Waals surface area (Å²) in [7, 11) is 0. The van der Waals surface area contributed by atoms with Gasteiger partial charge in [-0.1, -0.05) is 63.7 Å². The standard InChI is InChI=1S/C25H17BrN2O2S/c26-17-10-7-16(8-11-17)23-20-12-9-15-4-1-2-6-19(15)22(20)27-25-28(23)24(29)21(31-25)14-18-5-3-13-30-18/h1-8,10-11,13-14,23H,9,12H2/b21-14-/t23-/m0/s1. The number of halogens is 1. The highest BCUT2D eigenvalue weighted by Crippen LogP contribution is 2.41. The first kappa shape index (κ1) is 18.8. The highest BCUT2D eigenvalue weighted by molar-refractivity contribution is 9.10. The number of aromatic nitrogens is 1. The van der Waals surface area contributed by atoms with Crippen molar-refractivity contribution < 1.29 is 4.42 Å². The van der Waals surface area contributed by atoms with Crippen LogP contribution in [0.1, 0.15) is 34.9 Å². The molecule has 4 aromatic rings. The van der Waals surface area contributed by atoms with E-state index in [1.54, 1.807) is 12.3 Å². The molecule has 0 bridgehead atoms. The zero-order valence-electron chi connectivity index (χ0n) is 16.4. The lowest BCUT2D eigenvalue weighted by molar-refractivity contribution is 0.556. The monoisotopic (exact) mass is 488 g/mol. The number of aryl methyl sites for hydroxylation is 1. The van der Waals surface area contributed by atoms with Crippen molar-refractivity contribution >= 4 is 39.0 Å². The van der Waals surface area contributed by atoms with Crippen LogP contribution in [0.3, 0.4) is 0 Å². The van der Waals surface area contributed by atoms with Gasteiger partial charge in [0.2, 0.25) is 0 Å². The van der Waals surface area contributed by atoms with Crippen molar-refractivity contribution in [3.8, 4) is 0 Å². The molecule has 0 amide bonds. The van der Waals surface area contributed by atoms with Crippen LogP contribution in [0.15, 0.2) is 91.2 Å². The summed E-state index contributed by atoms with van der Waals surface area (Å²) in [4.78, 5) is 19.3. The van der Waals surface area contributed by atoms with E-state index in [0.717, 1.165) is 33.4 Å². The van der Waals surface area contributed by atoms with Crippen LogP contribution >= 0.6 is 27.3 Å². The van der Waals surface area contributed by atoms with E-state index in [4.69, 9.17) is 9.41 Å². The molecule has 2 aliphatic rings. The van der Waals surface area contributed by atoms with Crippen molar-refractivity contribution in [1.29, 1.82) is 0 Å². The first-order valence-electron chi connectivity index (χ1n) is 10.1. The fourth-order valence-corrected chi connectivity index (χ4v) is 5.72.